The summed E-state index contributed by atoms with van der Waals surface area (Å²) in [6.45, 7) is 3.18. The number of carboxylic acids is 1. The van der Waals surface area contributed by atoms with Gasteiger partial charge in [-0.05, 0) is 25.1 Å². The Balaban J connectivity index is 2.54. The second kappa shape index (κ2) is 5.62. The van der Waals surface area contributed by atoms with Crippen LogP contribution >= 0.6 is 0 Å². The number of aliphatic hydroxyl groups excluding tert-OH is 1. The summed E-state index contributed by atoms with van der Waals surface area (Å²) in [5, 5.41) is 18.8. The lowest BCUT2D eigenvalue weighted by Crippen LogP contribution is -2.27. The number of carbonyl (C=O) groups is 1. The first-order valence-electron chi connectivity index (χ1n) is 6.01. The van der Waals surface area contributed by atoms with E-state index in [0.29, 0.717) is 24.4 Å². The summed E-state index contributed by atoms with van der Waals surface area (Å²) < 4.78 is 0. The van der Waals surface area contributed by atoms with Gasteiger partial charge in [0, 0.05) is 18.5 Å². The highest BCUT2D eigenvalue weighted by molar-refractivity contribution is 5.96. The minimum absolute atomic E-state index is 0.0343. The molecule has 19 heavy (non-hydrogen) atoms. The van der Waals surface area contributed by atoms with Gasteiger partial charge in [0.05, 0.1) is 17.7 Å². The van der Waals surface area contributed by atoms with Gasteiger partial charge in [0.1, 0.15) is 12.1 Å². The van der Waals surface area contributed by atoms with Crippen LogP contribution in [0.4, 0.5) is 5.82 Å². The largest absolute Gasteiger partial charge is 0.478 e. The van der Waals surface area contributed by atoms with Gasteiger partial charge in [0.2, 0.25) is 0 Å². The standard InChI is InChI=1S/C13H15N3O3/c1-2-16(5-6-17)12-10-4-3-9(13(18)19)7-11(10)14-8-15-12/h3-4,7-8,17H,2,5-6H2,1H3,(H,18,19). The molecular weight excluding hydrogens is 246 g/mol. The molecule has 0 aliphatic carbocycles. The number of hydrogen-bond acceptors (Lipinski definition) is 5. The molecule has 0 atom stereocenters. The minimum Gasteiger partial charge on any atom is -0.478 e. The lowest BCUT2D eigenvalue weighted by atomic mass is 10.1. The molecule has 0 fully saturated rings. The summed E-state index contributed by atoms with van der Waals surface area (Å²) in [7, 11) is 0. The Labute approximate surface area is 110 Å². The molecule has 2 rings (SSSR count). The molecule has 0 amide bonds. The molecule has 1 aromatic heterocycles. The van der Waals surface area contributed by atoms with Gasteiger partial charge < -0.3 is 15.1 Å². The fourth-order valence-corrected chi connectivity index (χ4v) is 1.96. The zero-order valence-electron chi connectivity index (χ0n) is 10.6. The first-order valence-corrected chi connectivity index (χ1v) is 6.01. The Hall–Kier alpha value is -2.21. The van der Waals surface area contributed by atoms with E-state index in [4.69, 9.17) is 10.2 Å². The molecular formula is C13H15N3O3. The number of rotatable bonds is 5. The Morgan fingerprint density at radius 2 is 2.16 bits per heavy atom. The Morgan fingerprint density at radius 3 is 2.79 bits per heavy atom. The van der Waals surface area contributed by atoms with E-state index in [1.54, 1.807) is 6.07 Å². The van der Waals surface area contributed by atoms with Crippen LogP contribution in [0.25, 0.3) is 10.9 Å². The molecule has 6 heteroatoms. The maximum absolute atomic E-state index is 10.9. The van der Waals surface area contributed by atoms with E-state index in [1.165, 1.54) is 18.5 Å². The predicted octanol–water partition coefficient (Wildman–Crippen LogP) is 1.15. The summed E-state index contributed by atoms with van der Waals surface area (Å²) in [4.78, 5) is 21.2. The number of anilines is 1. The van der Waals surface area contributed by atoms with Gasteiger partial charge in [-0.2, -0.15) is 0 Å². The van der Waals surface area contributed by atoms with Crippen LogP contribution in [-0.2, 0) is 0 Å². The van der Waals surface area contributed by atoms with Crippen LogP contribution in [0.5, 0.6) is 0 Å². The van der Waals surface area contributed by atoms with Gasteiger partial charge >= 0.3 is 5.97 Å². The first kappa shape index (κ1) is 13.2. The normalized spacial score (nSPS) is 10.6. The summed E-state index contributed by atoms with van der Waals surface area (Å²) >= 11 is 0. The lowest BCUT2D eigenvalue weighted by molar-refractivity contribution is 0.0697. The molecule has 0 unspecified atom stereocenters. The SMILES string of the molecule is CCN(CCO)c1ncnc2cc(C(=O)O)ccc12. The second-order valence-electron chi connectivity index (χ2n) is 4.04. The predicted molar refractivity (Wildman–Crippen MR) is 71.5 cm³/mol. The molecule has 0 saturated heterocycles. The number of aliphatic hydroxyl groups is 1. The zero-order chi connectivity index (χ0) is 13.8. The van der Waals surface area contributed by atoms with Crippen molar-refractivity contribution in [3.8, 4) is 0 Å². The van der Waals surface area contributed by atoms with Crippen molar-refractivity contribution in [3.05, 3.63) is 30.1 Å². The van der Waals surface area contributed by atoms with E-state index in [2.05, 4.69) is 9.97 Å². The number of nitrogens with zero attached hydrogens (tertiary/aromatic N) is 3. The fourth-order valence-electron chi connectivity index (χ4n) is 1.96. The molecule has 0 saturated carbocycles. The van der Waals surface area contributed by atoms with Crippen molar-refractivity contribution in [2.75, 3.05) is 24.6 Å². The van der Waals surface area contributed by atoms with Crippen molar-refractivity contribution in [2.45, 2.75) is 6.92 Å². The molecule has 0 spiro atoms. The molecule has 2 aromatic rings. The third-order valence-electron chi connectivity index (χ3n) is 2.91. The Bertz CT molecular complexity index is 601. The van der Waals surface area contributed by atoms with E-state index >= 15 is 0 Å². The average Bonchev–Trinajstić information content (AvgIpc) is 2.43. The third-order valence-corrected chi connectivity index (χ3v) is 2.91. The van der Waals surface area contributed by atoms with Crippen LogP contribution < -0.4 is 4.90 Å². The van der Waals surface area contributed by atoms with Crippen molar-refractivity contribution in [1.29, 1.82) is 0 Å². The van der Waals surface area contributed by atoms with Crippen molar-refractivity contribution in [3.63, 3.8) is 0 Å². The van der Waals surface area contributed by atoms with Crippen LogP contribution in [0.1, 0.15) is 17.3 Å². The third kappa shape index (κ3) is 2.63. The van der Waals surface area contributed by atoms with Crippen LogP contribution in [0.3, 0.4) is 0 Å². The van der Waals surface area contributed by atoms with Gasteiger partial charge in [-0.15, -0.1) is 0 Å². The monoisotopic (exact) mass is 261 g/mol. The van der Waals surface area contributed by atoms with E-state index in [1.807, 2.05) is 11.8 Å². The number of likely N-dealkylation sites (N-methyl/N-ethyl adjacent to an activating group) is 1. The Kier molecular flexibility index (Phi) is 3.91. The van der Waals surface area contributed by atoms with Crippen LogP contribution in [0.15, 0.2) is 24.5 Å². The summed E-state index contributed by atoms with van der Waals surface area (Å²) in [6, 6.07) is 4.76. The smallest absolute Gasteiger partial charge is 0.335 e. The van der Waals surface area contributed by atoms with Crippen molar-refractivity contribution >= 4 is 22.7 Å². The van der Waals surface area contributed by atoms with Gasteiger partial charge in [0.25, 0.3) is 0 Å². The summed E-state index contributed by atoms with van der Waals surface area (Å²) in [6.07, 6.45) is 1.41. The number of benzene rings is 1. The highest BCUT2D eigenvalue weighted by atomic mass is 16.4. The quantitative estimate of drug-likeness (QED) is 0.839. The summed E-state index contributed by atoms with van der Waals surface area (Å²) in [5.74, 6) is -0.275. The molecule has 2 N–H and O–H groups in total. The average molecular weight is 261 g/mol. The fraction of sp³-hybridized carbons (Fsp3) is 0.308. The van der Waals surface area contributed by atoms with Crippen molar-refractivity contribution in [2.24, 2.45) is 0 Å². The Morgan fingerprint density at radius 1 is 1.37 bits per heavy atom. The van der Waals surface area contributed by atoms with Crippen molar-refractivity contribution < 1.29 is 15.0 Å². The van der Waals surface area contributed by atoms with E-state index in [0.717, 1.165) is 5.39 Å². The topological polar surface area (TPSA) is 86.5 Å². The lowest BCUT2D eigenvalue weighted by Gasteiger charge is -2.21. The molecule has 100 valence electrons. The molecule has 1 heterocycles. The molecule has 0 bridgehead atoms. The van der Waals surface area contributed by atoms with Gasteiger partial charge in [-0.1, -0.05) is 0 Å². The summed E-state index contributed by atoms with van der Waals surface area (Å²) in [5.41, 5.74) is 0.781. The number of carboxylic acid groups (broad SMARTS) is 1. The number of hydrogen-bond donors (Lipinski definition) is 2. The van der Waals surface area contributed by atoms with E-state index in [-0.39, 0.29) is 12.2 Å². The zero-order valence-corrected chi connectivity index (χ0v) is 10.6. The maximum Gasteiger partial charge on any atom is 0.335 e. The van der Waals surface area contributed by atoms with Crippen LogP contribution in [0.2, 0.25) is 0 Å². The molecule has 1 aromatic carbocycles. The van der Waals surface area contributed by atoms with Crippen LogP contribution in [-0.4, -0.2) is 45.8 Å². The van der Waals surface area contributed by atoms with Gasteiger partial charge in [0.15, 0.2) is 0 Å². The molecule has 6 nitrogen and oxygen atoms in total. The first-order chi connectivity index (χ1) is 9.17. The molecule has 0 radical (unpaired) electrons. The highest BCUT2D eigenvalue weighted by Crippen LogP contribution is 2.23. The van der Waals surface area contributed by atoms with Gasteiger partial charge in [-0.3, -0.25) is 0 Å². The van der Waals surface area contributed by atoms with Crippen LogP contribution in [0, 0.1) is 0 Å². The number of fused-ring (bicyclic) bond motifs is 1. The number of aromatic carboxylic acids is 1. The van der Waals surface area contributed by atoms with Gasteiger partial charge in [-0.25, -0.2) is 14.8 Å². The molecule has 0 aliphatic heterocycles. The highest BCUT2D eigenvalue weighted by Gasteiger charge is 2.12. The van der Waals surface area contributed by atoms with E-state index < -0.39 is 5.97 Å². The second-order valence-corrected chi connectivity index (χ2v) is 4.04. The number of aromatic nitrogens is 2. The minimum atomic E-state index is -0.982. The maximum atomic E-state index is 10.9. The molecule has 0 aliphatic rings. The van der Waals surface area contributed by atoms with E-state index in [9.17, 15) is 4.79 Å². The van der Waals surface area contributed by atoms with Crippen molar-refractivity contribution in [1.82, 2.24) is 9.97 Å².